The topological polar surface area (TPSA) is 0 Å². The molecule has 0 unspecified atom stereocenters. The highest BCUT2D eigenvalue weighted by molar-refractivity contribution is 9.24. The van der Waals surface area contributed by atoms with Gasteiger partial charge in [-0.2, -0.15) is 0 Å². The second-order valence-corrected chi connectivity index (χ2v) is 13.8. The lowest BCUT2D eigenvalue weighted by Crippen LogP contribution is -1.98. The van der Waals surface area contributed by atoms with Crippen molar-refractivity contribution in [3.05, 3.63) is 131 Å². The standard InChI is InChI=1S/C37H30Br2/c1-22-13-23(2)16-28(15-22)29-19-26-9-5-7-11-31(26)34(21-29)35-32-12-8-6-10-27(32)20-33(36(35)37(38)39)30-17-24(3)14-25(4)18-30/h5-21,37H,1-4H3. The molecule has 0 aromatic heterocycles. The molecular weight excluding hydrogens is 604 g/mol. The fourth-order valence-electron chi connectivity index (χ4n) is 6.07. The minimum Gasteiger partial charge on any atom is -0.0711 e. The average molecular weight is 634 g/mol. The normalized spacial score (nSPS) is 11.6. The van der Waals surface area contributed by atoms with Gasteiger partial charge in [0.15, 0.2) is 0 Å². The highest BCUT2D eigenvalue weighted by atomic mass is 79.9. The Balaban J connectivity index is 1.77. The minimum absolute atomic E-state index is 0.0240. The highest BCUT2D eigenvalue weighted by Crippen LogP contribution is 2.49. The third-order valence-corrected chi connectivity index (χ3v) is 8.44. The maximum atomic E-state index is 3.96. The summed E-state index contributed by atoms with van der Waals surface area (Å²) in [5, 5.41) is 5.01. The maximum absolute atomic E-state index is 3.96. The third-order valence-electron chi connectivity index (χ3n) is 7.53. The van der Waals surface area contributed by atoms with E-state index in [9.17, 15) is 0 Å². The smallest absolute Gasteiger partial charge is 0.0711 e. The molecule has 6 aromatic rings. The Hall–Kier alpha value is -3.20. The quantitative estimate of drug-likeness (QED) is 0.169. The van der Waals surface area contributed by atoms with Crippen LogP contribution in [0.25, 0.3) is 54.9 Å². The molecule has 39 heavy (non-hydrogen) atoms. The number of fused-ring (bicyclic) bond motifs is 2. The zero-order valence-electron chi connectivity index (χ0n) is 22.6. The monoisotopic (exact) mass is 632 g/mol. The second kappa shape index (κ2) is 10.4. The zero-order chi connectivity index (χ0) is 27.3. The summed E-state index contributed by atoms with van der Waals surface area (Å²) in [5.74, 6) is 0. The van der Waals surface area contributed by atoms with Crippen molar-refractivity contribution in [2.45, 2.75) is 31.4 Å². The van der Waals surface area contributed by atoms with Gasteiger partial charge in [0.2, 0.25) is 0 Å². The van der Waals surface area contributed by atoms with E-state index in [-0.39, 0.29) is 3.74 Å². The van der Waals surface area contributed by atoms with Gasteiger partial charge in [-0.05, 0) is 106 Å². The molecule has 0 fully saturated rings. The van der Waals surface area contributed by atoms with E-state index in [0.29, 0.717) is 0 Å². The zero-order valence-corrected chi connectivity index (χ0v) is 25.8. The molecule has 6 aromatic carbocycles. The van der Waals surface area contributed by atoms with Crippen LogP contribution in [0.5, 0.6) is 0 Å². The summed E-state index contributed by atoms with van der Waals surface area (Å²) in [6, 6.07) is 38.3. The Morgan fingerprint density at radius 2 is 0.949 bits per heavy atom. The van der Waals surface area contributed by atoms with Gasteiger partial charge in [-0.1, -0.05) is 139 Å². The van der Waals surface area contributed by atoms with Crippen molar-refractivity contribution in [2.75, 3.05) is 0 Å². The van der Waals surface area contributed by atoms with Crippen LogP contribution in [0.2, 0.25) is 0 Å². The molecule has 192 valence electrons. The molecule has 0 aliphatic rings. The second-order valence-electron chi connectivity index (χ2n) is 10.7. The minimum atomic E-state index is -0.0240. The first-order valence-corrected chi connectivity index (χ1v) is 15.2. The summed E-state index contributed by atoms with van der Waals surface area (Å²) in [5.41, 5.74) is 13.9. The Kier molecular flexibility index (Phi) is 6.95. The Bertz CT molecular complexity index is 1840. The van der Waals surface area contributed by atoms with Crippen molar-refractivity contribution < 1.29 is 0 Å². The number of hydrogen-bond acceptors (Lipinski definition) is 0. The van der Waals surface area contributed by atoms with E-state index in [1.807, 2.05) is 0 Å². The summed E-state index contributed by atoms with van der Waals surface area (Å²) in [4.78, 5) is 0. The predicted octanol–water partition coefficient (Wildman–Crippen LogP) is 12.0. The number of hydrogen-bond donors (Lipinski definition) is 0. The molecule has 0 spiro atoms. The first-order valence-electron chi connectivity index (χ1n) is 13.3. The van der Waals surface area contributed by atoms with Crippen molar-refractivity contribution in [1.82, 2.24) is 0 Å². The molecule has 0 bridgehead atoms. The van der Waals surface area contributed by atoms with E-state index >= 15 is 0 Å². The summed E-state index contributed by atoms with van der Waals surface area (Å²) >= 11 is 7.93. The Morgan fingerprint density at radius 1 is 0.462 bits per heavy atom. The van der Waals surface area contributed by atoms with Crippen LogP contribution in [0.1, 0.15) is 31.6 Å². The van der Waals surface area contributed by atoms with Crippen LogP contribution in [0.15, 0.2) is 103 Å². The number of benzene rings is 6. The van der Waals surface area contributed by atoms with Gasteiger partial charge in [-0.3, -0.25) is 0 Å². The lowest BCUT2D eigenvalue weighted by atomic mass is 9.84. The van der Waals surface area contributed by atoms with E-state index in [0.717, 1.165) is 0 Å². The summed E-state index contributed by atoms with van der Waals surface area (Å²) < 4.78 is -0.0240. The molecule has 0 amide bonds. The molecule has 0 N–H and O–H groups in total. The van der Waals surface area contributed by atoms with Crippen LogP contribution in [0, 0.1) is 27.7 Å². The maximum Gasteiger partial charge on any atom is 0.0958 e. The third kappa shape index (κ3) is 4.97. The van der Waals surface area contributed by atoms with Gasteiger partial charge in [-0.25, -0.2) is 0 Å². The van der Waals surface area contributed by atoms with Gasteiger partial charge in [0, 0.05) is 0 Å². The summed E-state index contributed by atoms with van der Waals surface area (Å²) in [7, 11) is 0. The molecule has 0 aliphatic heterocycles. The first-order chi connectivity index (χ1) is 18.8. The van der Waals surface area contributed by atoms with Gasteiger partial charge < -0.3 is 0 Å². The van der Waals surface area contributed by atoms with Crippen LogP contribution < -0.4 is 0 Å². The Labute approximate surface area is 248 Å². The molecule has 0 saturated carbocycles. The van der Waals surface area contributed by atoms with Gasteiger partial charge in [-0.15, -0.1) is 0 Å². The summed E-state index contributed by atoms with van der Waals surface area (Å²) in [6.45, 7) is 8.71. The SMILES string of the molecule is Cc1cc(C)cc(-c2cc(-c3c(C(Br)Br)c(-c4cc(C)cc(C)c4)cc4ccccc34)c3ccccc3c2)c1. The lowest BCUT2D eigenvalue weighted by Gasteiger charge is -2.22. The van der Waals surface area contributed by atoms with Gasteiger partial charge in [0.25, 0.3) is 0 Å². The van der Waals surface area contributed by atoms with Crippen molar-refractivity contribution in [1.29, 1.82) is 0 Å². The van der Waals surface area contributed by atoms with Gasteiger partial charge in [0.1, 0.15) is 0 Å². The van der Waals surface area contributed by atoms with Crippen molar-refractivity contribution in [3.8, 4) is 33.4 Å². The first kappa shape index (κ1) is 26.0. The fourth-order valence-corrected chi connectivity index (χ4v) is 7.03. The molecule has 0 heterocycles. The average Bonchev–Trinajstić information content (AvgIpc) is 2.90. The van der Waals surface area contributed by atoms with Crippen molar-refractivity contribution in [2.24, 2.45) is 0 Å². The molecule has 0 aliphatic carbocycles. The van der Waals surface area contributed by atoms with Crippen LogP contribution in [-0.4, -0.2) is 0 Å². The van der Waals surface area contributed by atoms with E-state index < -0.39 is 0 Å². The Morgan fingerprint density at radius 3 is 1.54 bits per heavy atom. The molecule has 0 nitrogen and oxygen atoms in total. The van der Waals surface area contributed by atoms with Crippen LogP contribution in [0.4, 0.5) is 0 Å². The molecule has 0 radical (unpaired) electrons. The molecule has 6 rings (SSSR count). The lowest BCUT2D eigenvalue weighted by molar-refractivity contribution is 1.37. The van der Waals surface area contributed by atoms with Crippen LogP contribution >= 0.6 is 31.9 Å². The van der Waals surface area contributed by atoms with Crippen molar-refractivity contribution in [3.63, 3.8) is 0 Å². The van der Waals surface area contributed by atoms with E-state index in [1.165, 1.54) is 82.7 Å². The van der Waals surface area contributed by atoms with Crippen molar-refractivity contribution >= 4 is 53.4 Å². The van der Waals surface area contributed by atoms with E-state index in [1.54, 1.807) is 0 Å². The molecule has 0 saturated heterocycles. The van der Waals surface area contributed by atoms with E-state index in [4.69, 9.17) is 0 Å². The van der Waals surface area contributed by atoms with Gasteiger partial charge in [0.05, 0.1) is 3.74 Å². The number of rotatable bonds is 4. The highest BCUT2D eigenvalue weighted by Gasteiger charge is 2.22. The molecular formula is C37H30Br2. The summed E-state index contributed by atoms with van der Waals surface area (Å²) in [6.07, 6.45) is 0. The van der Waals surface area contributed by atoms with E-state index in [2.05, 4.69) is 163 Å². The number of aryl methyl sites for hydroxylation is 4. The van der Waals surface area contributed by atoms with Crippen LogP contribution in [-0.2, 0) is 0 Å². The molecule has 0 atom stereocenters. The fraction of sp³-hybridized carbons (Fsp3) is 0.135. The van der Waals surface area contributed by atoms with Gasteiger partial charge >= 0.3 is 0 Å². The number of alkyl halides is 2. The predicted molar refractivity (Wildman–Crippen MR) is 177 cm³/mol. The van der Waals surface area contributed by atoms with Crippen LogP contribution in [0.3, 0.4) is 0 Å². The number of halogens is 2. The molecule has 2 heteroatoms. The largest absolute Gasteiger partial charge is 0.0958 e.